The van der Waals surface area contributed by atoms with Crippen molar-refractivity contribution in [2.75, 3.05) is 14.7 Å². The van der Waals surface area contributed by atoms with Crippen molar-refractivity contribution in [3.8, 4) is 0 Å². The first-order valence-electron chi connectivity index (χ1n) is 20.4. The Balaban J connectivity index is 1.23. The van der Waals surface area contributed by atoms with E-state index in [1.54, 1.807) is 0 Å². The third-order valence-corrected chi connectivity index (χ3v) is 12.3. The summed E-state index contributed by atoms with van der Waals surface area (Å²) in [5, 5.41) is 2.44. The summed E-state index contributed by atoms with van der Waals surface area (Å²) in [6, 6.07) is 60.1. The predicted octanol–water partition coefficient (Wildman–Crippen LogP) is 12.2. The molecule has 0 N–H and O–H groups in total. The Morgan fingerprint density at radius 1 is 0.561 bits per heavy atom. The van der Waals surface area contributed by atoms with Crippen LogP contribution in [0, 0.1) is 0 Å². The molecule has 1 aromatic heterocycles. The van der Waals surface area contributed by atoms with Crippen molar-refractivity contribution < 1.29 is 4.42 Å². The van der Waals surface area contributed by atoms with Crippen LogP contribution in [0.4, 0.5) is 51.4 Å². The van der Waals surface area contributed by atoms with Crippen LogP contribution >= 0.6 is 0 Å². The molecule has 4 nitrogen and oxygen atoms in total. The molecule has 57 heavy (non-hydrogen) atoms. The number of hydrogen-bond donors (Lipinski definition) is 0. The number of rotatable bonds is 5. The first kappa shape index (κ1) is 33.8. The van der Waals surface area contributed by atoms with E-state index >= 15 is 0 Å². The highest BCUT2D eigenvalue weighted by molar-refractivity contribution is 7.00. The summed E-state index contributed by atoms with van der Waals surface area (Å²) in [5.74, 6) is 2.14. The van der Waals surface area contributed by atoms with Gasteiger partial charge in [-0.15, -0.1) is 0 Å². The lowest BCUT2D eigenvalue weighted by molar-refractivity contribution is 0.484. The van der Waals surface area contributed by atoms with Crippen molar-refractivity contribution in [3.63, 3.8) is 0 Å². The molecule has 1 aliphatic carbocycles. The molecule has 5 heteroatoms. The second-order valence-corrected chi connectivity index (χ2v) is 16.8. The maximum absolute atomic E-state index is 7.12. The molecule has 0 saturated heterocycles. The molecule has 0 saturated carbocycles. The van der Waals surface area contributed by atoms with Crippen molar-refractivity contribution in [2.24, 2.45) is 0 Å². The standard InChI is InChI=1S/C52H44BN3O/c1-52(2,3)36-32-46-50-47(33-36)56(39-24-11-6-12-25-39)51-49(42-27-15-16-29-48(42)57-51)53(50)43-31-30-40(34-45(43)55(46)38-22-9-5-10-23-38)54(37-20-7-4-8-21-37)44-28-17-19-35-18-13-14-26-41(35)44/h4-14,17-26,28,30-34H,15-16,27,29H2,1-3H3. The second kappa shape index (κ2) is 13.1. The first-order valence-corrected chi connectivity index (χ1v) is 20.4. The molecule has 0 fully saturated rings. The van der Waals surface area contributed by atoms with Crippen LogP contribution in [0.5, 0.6) is 0 Å². The molecule has 276 valence electrons. The van der Waals surface area contributed by atoms with Gasteiger partial charge < -0.3 is 14.2 Å². The summed E-state index contributed by atoms with van der Waals surface area (Å²) >= 11 is 0. The minimum absolute atomic E-state index is 0.0105. The Morgan fingerprint density at radius 3 is 1.93 bits per heavy atom. The normalized spacial score (nSPS) is 14.2. The van der Waals surface area contributed by atoms with Crippen molar-refractivity contribution in [1.82, 2.24) is 0 Å². The van der Waals surface area contributed by atoms with Gasteiger partial charge in [-0.2, -0.15) is 0 Å². The van der Waals surface area contributed by atoms with Crippen molar-refractivity contribution in [3.05, 3.63) is 181 Å². The molecule has 0 bridgehead atoms. The summed E-state index contributed by atoms with van der Waals surface area (Å²) in [6.07, 6.45) is 4.36. The van der Waals surface area contributed by atoms with E-state index in [0.717, 1.165) is 59.3 Å². The third-order valence-electron chi connectivity index (χ3n) is 12.3. The van der Waals surface area contributed by atoms with Crippen LogP contribution in [-0.4, -0.2) is 6.71 Å². The number of aryl methyl sites for hydroxylation is 1. The molecule has 0 atom stereocenters. The van der Waals surface area contributed by atoms with E-state index in [2.05, 4.69) is 199 Å². The van der Waals surface area contributed by atoms with E-state index in [-0.39, 0.29) is 12.1 Å². The summed E-state index contributed by atoms with van der Waals surface area (Å²) in [7, 11) is 0. The summed E-state index contributed by atoms with van der Waals surface area (Å²) in [4.78, 5) is 7.40. The van der Waals surface area contributed by atoms with Crippen LogP contribution in [0.2, 0.25) is 0 Å². The third kappa shape index (κ3) is 5.36. The van der Waals surface area contributed by atoms with Crippen molar-refractivity contribution >= 4 is 85.3 Å². The maximum Gasteiger partial charge on any atom is 0.256 e. The van der Waals surface area contributed by atoms with Gasteiger partial charge in [0.2, 0.25) is 0 Å². The van der Waals surface area contributed by atoms with Gasteiger partial charge in [0.05, 0.1) is 5.69 Å². The molecule has 0 radical (unpaired) electrons. The largest absolute Gasteiger partial charge is 0.445 e. The molecule has 2 aliphatic heterocycles. The Kier molecular flexibility index (Phi) is 7.76. The van der Waals surface area contributed by atoms with Gasteiger partial charge in [-0.1, -0.05) is 118 Å². The highest BCUT2D eigenvalue weighted by Crippen LogP contribution is 2.49. The smallest absolute Gasteiger partial charge is 0.256 e. The quantitative estimate of drug-likeness (QED) is 0.164. The number of anilines is 9. The first-order chi connectivity index (χ1) is 27.9. The van der Waals surface area contributed by atoms with Crippen molar-refractivity contribution in [2.45, 2.75) is 51.9 Å². The van der Waals surface area contributed by atoms with Crippen LogP contribution in [0.15, 0.2) is 168 Å². The van der Waals surface area contributed by atoms with Gasteiger partial charge >= 0.3 is 0 Å². The monoisotopic (exact) mass is 737 g/mol. The van der Waals surface area contributed by atoms with Gasteiger partial charge in [0.15, 0.2) is 5.88 Å². The van der Waals surface area contributed by atoms with Crippen LogP contribution in [0.25, 0.3) is 10.8 Å². The number of nitrogens with zero attached hydrogens (tertiary/aromatic N) is 3. The SMILES string of the molecule is CC(C)(C)c1cc2c3c(c1)N(c1ccccc1)c1oc4c(c1B3c1ccc(N(c3ccccc3)c3cccc5ccccc35)cc1N2c1ccccc1)CCCC4. The number of furan rings is 1. The predicted molar refractivity (Wildman–Crippen MR) is 240 cm³/mol. The zero-order valence-corrected chi connectivity index (χ0v) is 32.7. The van der Waals surface area contributed by atoms with E-state index in [1.807, 2.05) is 0 Å². The highest BCUT2D eigenvalue weighted by atomic mass is 16.4. The Morgan fingerprint density at radius 2 is 1.19 bits per heavy atom. The summed E-state index contributed by atoms with van der Waals surface area (Å²) < 4.78 is 7.12. The molecule has 8 aromatic rings. The fourth-order valence-corrected chi connectivity index (χ4v) is 9.66. The highest BCUT2D eigenvalue weighted by Gasteiger charge is 2.48. The van der Waals surface area contributed by atoms with Gasteiger partial charge in [-0.05, 0) is 124 Å². The number of hydrogen-bond acceptors (Lipinski definition) is 4. The van der Waals surface area contributed by atoms with Gasteiger partial charge in [0.1, 0.15) is 5.76 Å². The lowest BCUT2D eigenvalue weighted by atomic mass is 9.33. The van der Waals surface area contributed by atoms with E-state index in [9.17, 15) is 0 Å². The van der Waals surface area contributed by atoms with E-state index < -0.39 is 0 Å². The topological polar surface area (TPSA) is 22.9 Å². The number of fused-ring (bicyclic) bond motifs is 7. The van der Waals surface area contributed by atoms with Crippen molar-refractivity contribution in [1.29, 1.82) is 0 Å². The molecule has 7 aromatic carbocycles. The average molecular weight is 738 g/mol. The molecule has 3 aliphatic rings. The fourth-order valence-electron chi connectivity index (χ4n) is 9.66. The molecular weight excluding hydrogens is 693 g/mol. The summed E-state index contributed by atoms with van der Waals surface area (Å²) in [5.41, 5.74) is 15.8. The van der Waals surface area contributed by atoms with Crippen LogP contribution in [0.1, 0.15) is 50.5 Å². The van der Waals surface area contributed by atoms with Gasteiger partial charge in [0.25, 0.3) is 6.71 Å². The number of benzene rings is 7. The lowest BCUT2D eigenvalue weighted by Gasteiger charge is -2.44. The second-order valence-electron chi connectivity index (χ2n) is 16.8. The Bertz CT molecular complexity index is 2800. The summed E-state index contributed by atoms with van der Waals surface area (Å²) in [6.45, 7) is 7.00. The van der Waals surface area contributed by atoms with Crippen LogP contribution in [-0.2, 0) is 18.3 Å². The Labute approximate surface area is 335 Å². The average Bonchev–Trinajstić information content (AvgIpc) is 3.63. The van der Waals surface area contributed by atoms with Gasteiger partial charge in [0, 0.05) is 51.6 Å². The van der Waals surface area contributed by atoms with Gasteiger partial charge in [-0.3, -0.25) is 4.90 Å². The lowest BCUT2D eigenvalue weighted by Crippen LogP contribution is -2.62. The molecule has 0 unspecified atom stereocenters. The zero-order chi connectivity index (χ0) is 38.3. The molecule has 0 amide bonds. The van der Waals surface area contributed by atoms with E-state index in [0.29, 0.717) is 0 Å². The minimum Gasteiger partial charge on any atom is -0.445 e. The molecule has 0 spiro atoms. The Hall–Kier alpha value is -6.46. The van der Waals surface area contributed by atoms with Crippen LogP contribution < -0.4 is 31.1 Å². The van der Waals surface area contributed by atoms with E-state index in [1.165, 1.54) is 61.8 Å². The molecule has 11 rings (SSSR count). The van der Waals surface area contributed by atoms with Gasteiger partial charge in [-0.25, -0.2) is 0 Å². The van der Waals surface area contributed by atoms with Crippen LogP contribution in [0.3, 0.4) is 0 Å². The van der Waals surface area contributed by atoms with E-state index in [4.69, 9.17) is 4.42 Å². The zero-order valence-electron chi connectivity index (χ0n) is 32.7. The molecular formula is C52H44BN3O. The number of para-hydroxylation sites is 3. The fraction of sp³-hybridized carbons (Fsp3) is 0.154. The minimum atomic E-state index is -0.102. The molecule has 3 heterocycles. The maximum atomic E-state index is 7.12.